The van der Waals surface area contributed by atoms with Gasteiger partial charge in [-0.1, -0.05) is 13.3 Å². The monoisotopic (exact) mass is 244 g/mol. The molecule has 2 aromatic heterocycles. The summed E-state index contributed by atoms with van der Waals surface area (Å²) in [5.74, 6) is 0.628. The van der Waals surface area contributed by atoms with Crippen LogP contribution in [0.4, 0.5) is 0 Å². The first-order chi connectivity index (χ1) is 8.81. The van der Waals surface area contributed by atoms with Gasteiger partial charge in [-0.05, 0) is 18.6 Å². The van der Waals surface area contributed by atoms with Gasteiger partial charge in [0.1, 0.15) is 12.1 Å². The molecule has 0 bridgehead atoms. The minimum atomic E-state index is -0.0628. The molecule has 0 aliphatic heterocycles. The van der Waals surface area contributed by atoms with Gasteiger partial charge in [-0.3, -0.25) is 9.36 Å². The normalized spacial score (nSPS) is 10.3. The number of unbranched alkanes of at least 4 members (excludes halogenated alkanes) is 1. The SMILES string of the molecule is CCCCNC(=O)c1ccnc(-n2ccnc2)c1. The van der Waals surface area contributed by atoms with Crippen molar-refractivity contribution in [2.75, 3.05) is 6.54 Å². The summed E-state index contributed by atoms with van der Waals surface area (Å²) in [6.45, 7) is 2.80. The van der Waals surface area contributed by atoms with E-state index in [1.165, 1.54) is 0 Å². The summed E-state index contributed by atoms with van der Waals surface area (Å²) in [5, 5.41) is 2.88. The molecule has 0 saturated carbocycles. The molecular weight excluding hydrogens is 228 g/mol. The summed E-state index contributed by atoms with van der Waals surface area (Å²) in [6.07, 6.45) is 8.81. The van der Waals surface area contributed by atoms with Gasteiger partial charge in [-0.25, -0.2) is 9.97 Å². The van der Waals surface area contributed by atoms with Crippen LogP contribution in [-0.4, -0.2) is 27.0 Å². The Labute approximate surface area is 106 Å². The number of nitrogens with one attached hydrogen (secondary N) is 1. The molecule has 0 unspecified atom stereocenters. The molecule has 2 aromatic rings. The van der Waals surface area contributed by atoms with E-state index in [0.717, 1.165) is 12.8 Å². The highest BCUT2D eigenvalue weighted by atomic mass is 16.1. The number of carbonyl (C=O) groups is 1. The molecule has 0 aromatic carbocycles. The Morgan fingerprint density at radius 3 is 3.06 bits per heavy atom. The Bertz CT molecular complexity index is 507. The molecule has 0 radical (unpaired) electrons. The molecule has 2 heterocycles. The van der Waals surface area contributed by atoms with Crippen LogP contribution in [0.5, 0.6) is 0 Å². The van der Waals surface area contributed by atoms with E-state index in [1.807, 2.05) is 0 Å². The lowest BCUT2D eigenvalue weighted by molar-refractivity contribution is 0.0953. The number of imidazole rings is 1. The van der Waals surface area contributed by atoms with Crippen molar-refractivity contribution in [3.8, 4) is 5.82 Å². The highest BCUT2D eigenvalue weighted by molar-refractivity contribution is 5.94. The topological polar surface area (TPSA) is 59.8 Å². The van der Waals surface area contributed by atoms with Gasteiger partial charge in [-0.15, -0.1) is 0 Å². The minimum Gasteiger partial charge on any atom is -0.352 e. The number of hydrogen-bond donors (Lipinski definition) is 1. The van der Waals surface area contributed by atoms with Crippen LogP contribution in [0.25, 0.3) is 5.82 Å². The second kappa shape index (κ2) is 5.95. The molecule has 1 amide bonds. The van der Waals surface area contributed by atoms with Crippen molar-refractivity contribution in [3.05, 3.63) is 42.6 Å². The van der Waals surface area contributed by atoms with Crippen molar-refractivity contribution >= 4 is 5.91 Å². The van der Waals surface area contributed by atoms with Crippen molar-refractivity contribution in [3.63, 3.8) is 0 Å². The van der Waals surface area contributed by atoms with Gasteiger partial charge in [0.15, 0.2) is 0 Å². The lowest BCUT2D eigenvalue weighted by atomic mass is 10.2. The maximum absolute atomic E-state index is 11.9. The van der Waals surface area contributed by atoms with Crippen molar-refractivity contribution in [1.29, 1.82) is 0 Å². The van der Waals surface area contributed by atoms with Crippen LogP contribution in [0.15, 0.2) is 37.1 Å². The average molecular weight is 244 g/mol. The fraction of sp³-hybridized carbons (Fsp3) is 0.308. The Morgan fingerprint density at radius 2 is 2.33 bits per heavy atom. The summed E-state index contributed by atoms with van der Waals surface area (Å²) < 4.78 is 1.77. The molecule has 0 fully saturated rings. The summed E-state index contributed by atoms with van der Waals surface area (Å²) >= 11 is 0. The van der Waals surface area contributed by atoms with E-state index in [9.17, 15) is 4.79 Å². The van der Waals surface area contributed by atoms with Crippen molar-refractivity contribution in [2.45, 2.75) is 19.8 Å². The summed E-state index contributed by atoms with van der Waals surface area (Å²) in [7, 11) is 0. The summed E-state index contributed by atoms with van der Waals surface area (Å²) in [6, 6.07) is 3.46. The molecule has 18 heavy (non-hydrogen) atoms. The quantitative estimate of drug-likeness (QED) is 0.816. The number of rotatable bonds is 5. The van der Waals surface area contributed by atoms with Crippen LogP contribution >= 0.6 is 0 Å². The van der Waals surface area contributed by atoms with Gasteiger partial charge < -0.3 is 5.32 Å². The standard InChI is InChI=1S/C13H16N4O/c1-2-3-5-16-13(18)11-4-6-15-12(9-11)17-8-7-14-10-17/h4,6-10H,2-3,5H2,1H3,(H,16,18). The van der Waals surface area contributed by atoms with Gasteiger partial charge in [0.25, 0.3) is 5.91 Å². The minimum absolute atomic E-state index is 0.0628. The highest BCUT2D eigenvalue weighted by Gasteiger charge is 2.06. The Kier molecular flexibility index (Phi) is 4.06. The molecule has 0 spiro atoms. The number of hydrogen-bond acceptors (Lipinski definition) is 3. The summed E-state index contributed by atoms with van der Waals surface area (Å²) in [4.78, 5) is 20.0. The third kappa shape index (κ3) is 2.94. The number of pyridine rings is 1. The lowest BCUT2D eigenvalue weighted by Gasteiger charge is -2.06. The molecule has 1 N–H and O–H groups in total. The zero-order chi connectivity index (χ0) is 12.8. The zero-order valence-corrected chi connectivity index (χ0v) is 10.3. The largest absolute Gasteiger partial charge is 0.352 e. The van der Waals surface area contributed by atoms with E-state index in [-0.39, 0.29) is 5.91 Å². The van der Waals surface area contributed by atoms with Crippen LogP contribution in [0.2, 0.25) is 0 Å². The molecule has 0 aliphatic rings. The third-order valence-corrected chi connectivity index (χ3v) is 2.59. The number of aromatic nitrogens is 3. The second-order valence-electron chi connectivity index (χ2n) is 3.98. The first kappa shape index (κ1) is 12.3. The smallest absolute Gasteiger partial charge is 0.251 e. The first-order valence-electron chi connectivity index (χ1n) is 6.04. The van der Waals surface area contributed by atoms with E-state index >= 15 is 0 Å². The van der Waals surface area contributed by atoms with E-state index < -0.39 is 0 Å². The highest BCUT2D eigenvalue weighted by Crippen LogP contribution is 2.06. The lowest BCUT2D eigenvalue weighted by Crippen LogP contribution is -2.24. The first-order valence-corrected chi connectivity index (χ1v) is 6.04. The van der Waals surface area contributed by atoms with Crippen LogP contribution in [0, 0.1) is 0 Å². The van der Waals surface area contributed by atoms with Gasteiger partial charge in [0, 0.05) is 30.7 Å². The zero-order valence-electron chi connectivity index (χ0n) is 10.3. The predicted molar refractivity (Wildman–Crippen MR) is 68.6 cm³/mol. The van der Waals surface area contributed by atoms with E-state index in [4.69, 9.17) is 0 Å². The molecular formula is C13H16N4O. The van der Waals surface area contributed by atoms with Crippen molar-refractivity contribution < 1.29 is 4.79 Å². The van der Waals surface area contributed by atoms with Crippen LogP contribution in [0.3, 0.4) is 0 Å². The molecule has 2 rings (SSSR count). The van der Waals surface area contributed by atoms with Gasteiger partial charge in [0.2, 0.25) is 0 Å². The predicted octanol–water partition coefficient (Wildman–Crippen LogP) is 1.80. The van der Waals surface area contributed by atoms with E-state index in [0.29, 0.717) is 17.9 Å². The van der Waals surface area contributed by atoms with Crippen molar-refractivity contribution in [1.82, 2.24) is 19.9 Å². The Morgan fingerprint density at radius 1 is 1.44 bits per heavy atom. The van der Waals surface area contributed by atoms with Crippen LogP contribution in [0.1, 0.15) is 30.1 Å². The molecule has 5 heteroatoms. The van der Waals surface area contributed by atoms with Crippen LogP contribution < -0.4 is 5.32 Å². The van der Waals surface area contributed by atoms with Crippen LogP contribution in [-0.2, 0) is 0 Å². The van der Waals surface area contributed by atoms with Crippen molar-refractivity contribution in [2.24, 2.45) is 0 Å². The number of amides is 1. The Balaban J connectivity index is 2.10. The van der Waals surface area contributed by atoms with Gasteiger partial charge in [-0.2, -0.15) is 0 Å². The maximum Gasteiger partial charge on any atom is 0.251 e. The number of carbonyl (C=O) groups excluding carboxylic acids is 1. The van der Waals surface area contributed by atoms with E-state index in [2.05, 4.69) is 22.2 Å². The molecule has 94 valence electrons. The fourth-order valence-corrected chi connectivity index (χ4v) is 1.58. The van der Waals surface area contributed by atoms with Gasteiger partial charge in [0.05, 0.1) is 0 Å². The molecule has 0 saturated heterocycles. The second-order valence-corrected chi connectivity index (χ2v) is 3.98. The fourth-order valence-electron chi connectivity index (χ4n) is 1.58. The third-order valence-electron chi connectivity index (χ3n) is 2.59. The molecule has 0 atom stereocenters. The number of nitrogens with zero attached hydrogens (tertiary/aromatic N) is 3. The summed E-state index contributed by atoms with van der Waals surface area (Å²) in [5.41, 5.74) is 0.616. The Hall–Kier alpha value is -2.17. The molecule has 0 aliphatic carbocycles. The van der Waals surface area contributed by atoms with E-state index in [1.54, 1.807) is 41.6 Å². The molecule has 5 nitrogen and oxygen atoms in total. The van der Waals surface area contributed by atoms with Gasteiger partial charge >= 0.3 is 0 Å². The average Bonchev–Trinajstić information content (AvgIpc) is 2.93. The maximum atomic E-state index is 11.9.